The molecule has 0 N–H and O–H groups in total. The molecule has 6 heteroatoms. The molecule has 0 spiro atoms. The van der Waals surface area contributed by atoms with Crippen molar-refractivity contribution >= 4 is 17.9 Å². The smallest absolute Gasteiger partial charge is 0.330 e. The zero-order chi connectivity index (χ0) is 18.5. The van der Waals surface area contributed by atoms with Gasteiger partial charge in [-0.15, -0.1) is 0 Å². The van der Waals surface area contributed by atoms with Crippen molar-refractivity contribution in [1.29, 1.82) is 0 Å². The molecule has 0 bridgehead atoms. The third kappa shape index (κ3) is 7.83. The van der Waals surface area contributed by atoms with E-state index in [0.717, 1.165) is 12.8 Å². The molecule has 25 heavy (non-hydrogen) atoms. The lowest BCUT2D eigenvalue weighted by Crippen LogP contribution is -2.35. The number of methoxy groups -OCH3 is 1. The molecule has 0 aromatic rings. The van der Waals surface area contributed by atoms with Crippen LogP contribution in [0.2, 0.25) is 0 Å². The molecule has 2 atom stereocenters. The van der Waals surface area contributed by atoms with E-state index in [1.54, 1.807) is 12.2 Å². The molecule has 0 aromatic carbocycles. The molecule has 1 aliphatic rings. The SMILES string of the molecule is C/C=C/C=C/COC(=O)[C@H]1CCCC[C@@H]1C(=O)OC/C=C/C(=O)OC. The Kier molecular flexibility index (Phi) is 9.97. The van der Waals surface area contributed by atoms with Crippen LogP contribution in [-0.2, 0) is 28.6 Å². The summed E-state index contributed by atoms with van der Waals surface area (Å²) in [5, 5.41) is 0. The van der Waals surface area contributed by atoms with Crippen LogP contribution < -0.4 is 0 Å². The van der Waals surface area contributed by atoms with E-state index in [0.29, 0.717) is 12.8 Å². The highest BCUT2D eigenvalue weighted by Gasteiger charge is 2.37. The number of hydrogen-bond acceptors (Lipinski definition) is 6. The van der Waals surface area contributed by atoms with Gasteiger partial charge in [0, 0.05) is 6.08 Å². The Morgan fingerprint density at radius 2 is 1.48 bits per heavy atom. The highest BCUT2D eigenvalue weighted by atomic mass is 16.5. The quantitative estimate of drug-likeness (QED) is 0.290. The van der Waals surface area contributed by atoms with Crippen molar-refractivity contribution in [3.05, 3.63) is 36.5 Å². The molecule has 6 nitrogen and oxygen atoms in total. The van der Waals surface area contributed by atoms with Gasteiger partial charge in [0.25, 0.3) is 0 Å². The summed E-state index contributed by atoms with van der Waals surface area (Å²) in [5.74, 6) is -2.27. The van der Waals surface area contributed by atoms with Crippen LogP contribution in [-0.4, -0.2) is 38.2 Å². The molecule has 1 fully saturated rings. The van der Waals surface area contributed by atoms with Crippen LogP contribution in [0.4, 0.5) is 0 Å². The molecule has 0 aromatic heterocycles. The third-order valence-corrected chi connectivity index (χ3v) is 3.91. The second kappa shape index (κ2) is 12.1. The Labute approximate surface area is 148 Å². The van der Waals surface area contributed by atoms with E-state index in [1.807, 2.05) is 19.1 Å². The standard InChI is InChI=1S/C19H26O6/c1-3-4-5-8-13-24-18(21)15-10-6-7-11-16(15)19(22)25-14-9-12-17(20)23-2/h3-5,8-9,12,15-16H,6-7,10-11,13-14H2,1-2H3/b4-3+,8-5+,12-9+/t15-,16-/m0/s1. The lowest BCUT2D eigenvalue weighted by atomic mass is 9.79. The summed E-state index contributed by atoms with van der Waals surface area (Å²) in [6.45, 7) is 2.05. The fourth-order valence-corrected chi connectivity index (χ4v) is 2.63. The number of ether oxygens (including phenoxy) is 3. The minimum atomic E-state index is -0.513. The van der Waals surface area contributed by atoms with Gasteiger partial charge in [-0.2, -0.15) is 0 Å². The molecule has 1 aliphatic carbocycles. The molecule has 138 valence electrons. The summed E-state index contributed by atoms with van der Waals surface area (Å²) in [6.07, 6.45) is 12.9. The van der Waals surface area contributed by atoms with Gasteiger partial charge >= 0.3 is 17.9 Å². The Hall–Kier alpha value is -2.37. The third-order valence-electron chi connectivity index (χ3n) is 3.91. The maximum absolute atomic E-state index is 12.2. The van der Waals surface area contributed by atoms with E-state index >= 15 is 0 Å². The molecule has 1 saturated carbocycles. The summed E-state index contributed by atoms with van der Waals surface area (Å²) in [7, 11) is 1.27. The molecule has 0 aliphatic heterocycles. The molecule has 0 radical (unpaired) electrons. The predicted octanol–water partition coefficient (Wildman–Crippen LogP) is 2.74. The first-order valence-electron chi connectivity index (χ1n) is 8.45. The van der Waals surface area contributed by atoms with E-state index in [9.17, 15) is 14.4 Å². The zero-order valence-corrected chi connectivity index (χ0v) is 14.8. The maximum atomic E-state index is 12.2. The summed E-state index contributed by atoms with van der Waals surface area (Å²) in [5.41, 5.74) is 0. The number of carbonyl (C=O) groups is 3. The van der Waals surface area contributed by atoms with Gasteiger partial charge in [-0.1, -0.05) is 31.1 Å². The van der Waals surface area contributed by atoms with Crippen LogP contribution in [0, 0.1) is 11.8 Å². The predicted molar refractivity (Wildman–Crippen MR) is 92.5 cm³/mol. The van der Waals surface area contributed by atoms with Crippen LogP contribution in [0.1, 0.15) is 32.6 Å². The minimum Gasteiger partial charge on any atom is -0.466 e. The van der Waals surface area contributed by atoms with Gasteiger partial charge < -0.3 is 14.2 Å². The monoisotopic (exact) mass is 350 g/mol. The largest absolute Gasteiger partial charge is 0.466 e. The lowest BCUT2D eigenvalue weighted by Gasteiger charge is -2.27. The van der Waals surface area contributed by atoms with Crippen molar-refractivity contribution in [3.63, 3.8) is 0 Å². The average molecular weight is 350 g/mol. The van der Waals surface area contributed by atoms with Gasteiger partial charge in [0.2, 0.25) is 0 Å². The first-order chi connectivity index (χ1) is 12.1. The molecule has 0 amide bonds. The van der Waals surface area contributed by atoms with Gasteiger partial charge in [-0.3, -0.25) is 9.59 Å². The van der Waals surface area contributed by atoms with Crippen molar-refractivity contribution < 1.29 is 28.6 Å². The number of carbonyl (C=O) groups excluding carboxylic acids is 3. The van der Waals surface area contributed by atoms with Crippen molar-refractivity contribution in [2.45, 2.75) is 32.6 Å². The maximum Gasteiger partial charge on any atom is 0.330 e. The molecular weight excluding hydrogens is 324 g/mol. The highest BCUT2D eigenvalue weighted by Crippen LogP contribution is 2.32. The fourth-order valence-electron chi connectivity index (χ4n) is 2.63. The van der Waals surface area contributed by atoms with Crippen LogP contribution >= 0.6 is 0 Å². The first kappa shape index (κ1) is 20.7. The second-order valence-electron chi connectivity index (χ2n) is 5.64. The van der Waals surface area contributed by atoms with E-state index in [2.05, 4.69) is 4.74 Å². The van der Waals surface area contributed by atoms with Crippen molar-refractivity contribution in [3.8, 4) is 0 Å². The van der Waals surface area contributed by atoms with Crippen LogP contribution in [0.15, 0.2) is 36.5 Å². The summed E-state index contributed by atoms with van der Waals surface area (Å²) in [4.78, 5) is 35.4. The minimum absolute atomic E-state index is 0.0295. The van der Waals surface area contributed by atoms with E-state index in [-0.39, 0.29) is 19.2 Å². The highest BCUT2D eigenvalue weighted by molar-refractivity contribution is 5.83. The fraction of sp³-hybridized carbons (Fsp3) is 0.526. The summed E-state index contributed by atoms with van der Waals surface area (Å²) >= 11 is 0. The summed E-state index contributed by atoms with van der Waals surface area (Å²) < 4.78 is 14.8. The number of hydrogen-bond donors (Lipinski definition) is 0. The Balaban J connectivity index is 2.51. The molecular formula is C19H26O6. The topological polar surface area (TPSA) is 78.9 Å². The molecule has 1 rings (SSSR count). The van der Waals surface area contributed by atoms with Crippen molar-refractivity contribution in [2.24, 2.45) is 11.8 Å². The van der Waals surface area contributed by atoms with Crippen LogP contribution in [0.5, 0.6) is 0 Å². The Morgan fingerprint density at radius 1 is 0.920 bits per heavy atom. The Bertz CT molecular complexity index is 532. The number of esters is 3. The van der Waals surface area contributed by atoms with Gasteiger partial charge in [0.15, 0.2) is 0 Å². The van der Waals surface area contributed by atoms with Gasteiger partial charge in [0.05, 0.1) is 18.9 Å². The van der Waals surface area contributed by atoms with Crippen molar-refractivity contribution in [1.82, 2.24) is 0 Å². The first-order valence-corrected chi connectivity index (χ1v) is 8.45. The average Bonchev–Trinajstić information content (AvgIpc) is 2.64. The zero-order valence-electron chi connectivity index (χ0n) is 14.8. The van der Waals surface area contributed by atoms with Gasteiger partial charge in [-0.05, 0) is 31.9 Å². The van der Waals surface area contributed by atoms with Gasteiger partial charge in [-0.25, -0.2) is 4.79 Å². The number of allylic oxidation sites excluding steroid dienone is 3. The van der Waals surface area contributed by atoms with E-state index in [1.165, 1.54) is 19.3 Å². The molecule has 0 heterocycles. The molecule has 0 unspecified atom stereocenters. The molecule has 0 saturated heterocycles. The summed E-state index contributed by atoms with van der Waals surface area (Å²) in [6, 6.07) is 0. The van der Waals surface area contributed by atoms with Crippen LogP contribution in [0.3, 0.4) is 0 Å². The normalized spacial score (nSPS) is 20.9. The van der Waals surface area contributed by atoms with E-state index < -0.39 is 23.8 Å². The van der Waals surface area contributed by atoms with Crippen LogP contribution in [0.25, 0.3) is 0 Å². The second-order valence-corrected chi connectivity index (χ2v) is 5.64. The van der Waals surface area contributed by atoms with Crippen molar-refractivity contribution in [2.75, 3.05) is 20.3 Å². The number of rotatable bonds is 8. The van der Waals surface area contributed by atoms with Gasteiger partial charge in [0.1, 0.15) is 13.2 Å². The lowest BCUT2D eigenvalue weighted by molar-refractivity contribution is -0.161. The Morgan fingerprint density at radius 3 is 2.00 bits per heavy atom. The van der Waals surface area contributed by atoms with E-state index in [4.69, 9.17) is 9.47 Å².